The Labute approximate surface area is 109 Å². The van der Waals surface area contributed by atoms with Gasteiger partial charge in [-0.2, -0.15) is 13.2 Å². The van der Waals surface area contributed by atoms with E-state index in [-0.39, 0.29) is 6.54 Å². The lowest BCUT2D eigenvalue weighted by Gasteiger charge is -2.31. The number of nitrogens with zero attached hydrogens (tertiary/aromatic N) is 1. The van der Waals surface area contributed by atoms with Crippen molar-refractivity contribution < 1.29 is 27.5 Å². The molecule has 0 bridgehead atoms. The molecule has 1 saturated heterocycles. The Hall–Kier alpha value is -0.850. The van der Waals surface area contributed by atoms with E-state index in [1.54, 1.807) is 20.8 Å². The van der Waals surface area contributed by atoms with Crippen LogP contribution in [0.4, 0.5) is 17.6 Å². The van der Waals surface area contributed by atoms with Gasteiger partial charge in [-0.15, -0.1) is 0 Å². The maximum Gasteiger partial charge on any atom is 0.426 e. The standard InChI is InChI=1S/C12H19F4NO2/c1-10(2,3)7-5-17(6-8(7)13)9(18)11(4,19)12(14,15)16/h7-8,19H,5-6H2,1-4H3/t7-,8+,11?/m1/s1. The molecule has 0 radical (unpaired) electrons. The van der Waals surface area contributed by atoms with Crippen LogP contribution in [-0.2, 0) is 4.79 Å². The van der Waals surface area contributed by atoms with Crippen molar-refractivity contribution in [2.75, 3.05) is 13.1 Å². The van der Waals surface area contributed by atoms with E-state index in [1.165, 1.54) is 0 Å². The summed E-state index contributed by atoms with van der Waals surface area (Å²) < 4.78 is 51.5. The molecule has 1 rings (SSSR count). The van der Waals surface area contributed by atoms with Gasteiger partial charge < -0.3 is 10.0 Å². The van der Waals surface area contributed by atoms with Crippen LogP contribution in [0.15, 0.2) is 0 Å². The minimum Gasteiger partial charge on any atom is -0.373 e. The highest BCUT2D eigenvalue weighted by atomic mass is 19.4. The highest BCUT2D eigenvalue weighted by Crippen LogP contribution is 2.38. The largest absolute Gasteiger partial charge is 0.426 e. The zero-order chi connectivity index (χ0) is 15.2. The third-order valence-electron chi connectivity index (χ3n) is 3.62. The van der Waals surface area contributed by atoms with Crippen LogP contribution in [0, 0.1) is 11.3 Å². The fourth-order valence-electron chi connectivity index (χ4n) is 2.18. The summed E-state index contributed by atoms with van der Waals surface area (Å²) in [5, 5.41) is 9.32. The van der Waals surface area contributed by atoms with Crippen molar-refractivity contribution >= 4 is 5.91 Å². The predicted octanol–water partition coefficient (Wildman–Crippen LogP) is 2.14. The number of likely N-dealkylation sites (tertiary alicyclic amines) is 1. The molecule has 7 heteroatoms. The third-order valence-corrected chi connectivity index (χ3v) is 3.62. The summed E-state index contributed by atoms with van der Waals surface area (Å²) >= 11 is 0. The maximum atomic E-state index is 13.8. The number of carbonyl (C=O) groups is 1. The van der Waals surface area contributed by atoms with E-state index in [9.17, 15) is 27.5 Å². The van der Waals surface area contributed by atoms with Crippen molar-refractivity contribution in [1.29, 1.82) is 0 Å². The molecule has 0 aromatic carbocycles. The van der Waals surface area contributed by atoms with Crippen molar-refractivity contribution in [2.24, 2.45) is 11.3 Å². The Balaban J connectivity index is 2.88. The molecule has 1 amide bonds. The van der Waals surface area contributed by atoms with Crippen molar-refractivity contribution in [3.63, 3.8) is 0 Å². The summed E-state index contributed by atoms with van der Waals surface area (Å²) in [5.41, 5.74) is -3.93. The zero-order valence-corrected chi connectivity index (χ0v) is 11.4. The SMILES string of the molecule is CC(C)(C)[C@@H]1CN(C(=O)C(C)(O)C(F)(F)F)C[C@@H]1F. The number of alkyl halides is 4. The molecular formula is C12H19F4NO2. The molecule has 3 atom stereocenters. The second-order valence-electron chi connectivity index (χ2n) is 6.27. The lowest BCUT2D eigenvalue weighted by Crippen LogP contribution is -2.55. The van der Waals surface area contributed by atoms with Crippen LogP contribution in [0.2, 0.25) is 0 Å². The normalized spacial score (nSPS) is 28.4. The monoisotopic (exact) mass is 285 g/mol. The van der Waals surface area contributed by atoms with Crippen LogP contribution < -0.4 is 0 Å². The molecule has 1 heterocycles. The number of amides is 1. The first-order valence-corrected chi connectivity index (χ1v) is 6.01. The van der Waals surface area contributed by atoms with E-state index in [0.717, 1.165) is 4.90 Å². The second kappa shape index (κ2) is 4.61. The van der Waals surface area contributed by atoms with E-state index in [2.05, 4.69) is 0 Å². The van der Waals surface area contributed by atoms with Gasteiger partial charge in [0.25, 0.3) is 5.91 Å². The number of rotatable bonds is 1. The summed E-state index contributed by atoms with van der Waals surface area (Å²) in [6.45, 7) is 5.16. The number of hydrogen-bond donors (Lipinski definition) is 1. The summed E-state index contributed by atoms with van der Waals surface area (Å²) in [6, 6.07) is 0. The van der Waals surface area contributed by atoms with E-state index in [0.29, 0.717) is 6.92 Å². The van der Waals surface area contributed by atoms with Crippen LogP contribution >= 0.6 is 0 Å². The minimum absolute atomic E-state index is 0.115. The first-order valence-electron chi connectivity index (χ1n) is 6.01. The zero-order valence-electron chi connectivity index (χ0n) is 11.4. The van der Waals surface area contributed by atoms with Crippen LogP contribution in [0.1, 0.15) is 27.7 Å². The highest BCUT2D eigenvalue weighted by molar-refractivity contribution is 5.85. The van der Waals surface area contributed by atoms with Crippen LogP contribution in [0.5, 0.6) is 0 Å². The fraction of sp³-hybridized carbons (Fsp3) is 0.917. The molecule has 0 aliphatic carbocycles. The predicted molar refractivity (Wildman–Crippen MR) is 61.1 cm³/mol. The Morgan fingerprint density at radius 2 is 1.63 bits per heavy atom. The van der Waals surface area contributed by atoms with Gasteiger partial charge in [0.1, 0.15) is 6.17 Å². The molecule has 1 N–H and O–H groups in total. The average Bonchev–Trinajstić information content (AvgIpc) is 2.56. The molecule has 19 heavy (non-hydrogen) atoms. The van der Waals surface area contributed by atoms with Crippen molar-refractivity contribution in [2.45, 2.75) is 45.6 Å². The summed E-state index contributed by atoms with van der Waals surface area (Å²) in [6.07, 6.45) is -6.46. The number of halogens is 4. The summed E-state index contributed by atoms with van der Waals surface area (Å²) in [7, 11) is 0. The summed E-state index contributed by atoms with van der Waals surface area (Å²) in [5.74, 6) is -2.03. The molecular weight excluding hydrogens is 266 g/mol. The van der Waals surface area contributed by atoms with Gasteiger partial charge in [-0.3, -0.25) is 4.79 Å². The Morgan fingerprint density at radius 3 is 1.95 bits per heavy atom. The Morgan fingerprint density at radius 1 is 1.16 bits per heavy atom. The molecule has 1 unspecified atom stereocenters. The lowest BCUT2D eigenvalue weighted by atomic mass is 9.79. The first-order chi connectivity index (χ1) is 8.28. The molecule has 3 nitrogen and oxygen atoms in total. The van der Waals surface area contributed by atoms with E-state index < -0.39 is 41.7 Å². The second-order valence-corrected chi connectivity index (χ2v) is 6.27. The quantitative estimate of drug-likeness (QED) is 0.750. The number of aliphatic hydroxyl groups is 1. The molecule has 1 aliphatic rings. The van der Waals surface area contributed by atoms with Gasteiger partial charge in [0.15, 0.2) is 0 Å². The van der Waals surface area contributed by atoms with Crippen molar-refractivity contribution in [1.82, 2.24) is 4.90 Å². The van der Waals surface area contributed by atoms with Gasteiger partial charge in [-0.05, 0) is 12.3 Å². The molecule has 0 aromatic rings. The number of carbonyl (C=O) groups excluding carboxylic acids is 1. The van der Waals surface area contributed by atoms with Gasteiger partial charge in [-0.1, -0.05) is 20.8 Å². The smallest absolute Gasteiger partial charge is 0.373 e. The van der Waals surface area contributed by atoms with Crippen molar-refractivity contribution in [3.05, 3.63) is 0 Å². The molecule has 1 aliphatic heterocycles. The van der Waals surface area contributed by atoms with Crippen LogP contribution in [-0.4, -0.2) is 47.0 Å². The Bertz CT molecular complexity index is 360. The van der Waals surface area contributed by atoms with Crippen LogP contribution in [0.3, 0.4) is 0 Å². The fourth-order valence-corrected chi connectivity index (χ4v) is 2.18. The third kappa shape index (κ3) is 3.01. The first kappa shape index (κ1) is 16.2. The van der Waals surface area contributed by atoms with E-state index in [1.807, 2.05) is 0 Å². The average molecular weight is 285 g/mol. The minimum atomic E-state index is -5.07. The van der Waals surface area contributed by atoms with Crippen molar-refractivity contribution in [3.8, 4) is 0 Å². The molecule has 0 spiro atoms. The highest BCUT2D eigenvalue weighted by Gasteiger charge is 2.58. The van der Waals surface area contributed by atoms with Gasteiger partial charge in [0.05, 0.1) is 6.54 Å². The van der Waals surface area contributed by atoms with Gasteiger partial charge in [0.2, 0.25) is 5.60 Å². The van der Waals surface area contributed by atoms with Crippen LogP contribution in [0.25, 0.3) is 0 Å². The van der Waals surface area contributed by atoms with E-state index >= 15 is 0 Å². The van der Waals surface area contributed by atoms with E-state index in [4.69, 9.17) is 0 Å². The molecule has 0 aromatic heterocycles. The maximum absolute atomic E-state index is 13.8. The molecule has 112 valence electrons. The lowest BCUT2D eigenvalue weighted by molar-refractivity contribution is -0.249. The molecule has 0 saturated carbocycles. The van der Waals surface area contributed by atoms with Gasteiger partial charge in [0, 0.05) is 12.5 Å². The Kier molecular flexibility index (Phi) is 3.93. The van der Waals surface area contributed by atoms with Gasteiger partial charge in [-0.25, -0.2) is 4.39 Å². The topological polar surface area (TPSA) is 40.5 Å². The molecule has 1 fully saturated rings. The summed E-state index contributed by atoms with van der Waals surface area (Å²) in [4.78, 5) is 12.5. The number of hydrogen-bond acceptors (Lipinski definition) is 2. The van der Waals surface area contributed by atoms with Gasteiger partial charge >= 0.3 is 6.18 Å².